The van der Waals surface area contributed by atoms with Gasteiger partial charge in [0, 0.05) is 12.2 Å². The van der Waals surface area contributed by atoms with Gasteiger partial charge >= 0.3 is 6.09 Å². The van der Waals surface area contributed by atoms with Gasteiger partial charge in [0.05, 0.1) is 23.8 Å². The van der Waals surface area contributed by atoms with Gasteiger partial charge in [-0.05, 0) is 20.3 Å². The molecule has 0 aromatic rings. The molecule has 0 unspecified atom stereocenters. The lowest BCUT2D eigenvalue weighted by Gasteiger charge is -2.22. The van der Waals surface area contributed by atoms with Crippen LogP contribution in [0, 0.1) is 6.08 Å². The van der Waals surface area contributed by atoms with Crippen molar-refractivity contribution in [3.8, 4) is 0 Å². The lowest BCUT2D eigenvalue weighted by Crippen LogP contribution is -2.43. The van der Waals surface area contributed by atoms with Crippen LogP contribution in [0.1, 0.15) is 20.3 Å². The van der Waals surface area contributed by atoms with Crippen LogP contribution in [0.2, 0.25) is 0 Å². The lowest BCUT2D eigenvalue weighted by atomic mass is 10.2. The highest BCUT2D eigenvalue weighted by atomic mass is 16.8. The Bertz CT molecular complexity index is 537. The van der Waals surface area contributed by atoms with Gasteiger partial charge in [0.2, 0.25) is 0 Å². The van der Waals surface area contributed by atoms with E-state index in [0.717, 1.165) is 5.57 Å². The molecule has 3 aliphatic rings. The van der Waals surface area contributed by atoms with Crippen LogP contribution in [0.3, 0.4) is 0 Å². The maximum atomic E-state index is 11.9. The van der Waals surface area contributed by atoms with E-state index in [1.54, 1.807) is 26.0 Å². The number of alkyl carbamates (subject to hydrolysis) is 1. The third kappa shape index (κ3) is 3.20. The van der Waals surface area contributed by atoms with Crippen LogP contribution in [0.25, 0.3) is 0 Å². The normalized spacial score (nSPS) is 34.8. The molecule has 1 saturated carbocycles. The molecule has 1 amide bonds. The van der Waals surface area contributed by atoms with Crippen LogP contribution in [0.4, 0.5) is 4.79 Å². The van der Waals surface area contributed by atoms with Crippen molar-refractivity contribution in [1.82, 2.24) is 5.32 Å². The number of hydrogen-bond acceptors (Lipinski definition) is 5. The van der Waals surface area contributed by atoms with Crippen LogP contribution >= 0.6 is 0 Å². The molecule has 0 aromatic heterocycles. The Morgan fingerprint density at radius 2 is 2.27 bits per heavy atom. The fraction of sp³-hybridized carbons (Fsp3) is 0.562. The van der Waals surface area contributed by atoms with Crippen LogP contribution in [0.15, 0.2) is 29.9 Å². The molecule has 2 aliphatic carbocycles. The number of amides is 1. The van der Waals surface area contributed by atoms with E-state index < -0.39 is 24.1 Å². The number of rotatable bonds is 3. The molecule has 22 heavy (non-hydrogen) atoms. The summed E-state index contributed by atoms with van der Waals surface area (Å²) in [4.78, 5) is 11.9. The summed E-state index contributed by atoms with van der Waals surface area (Å²) in [5, 5.41) is 12.8. The smallest absolute Gasteiger partial charge is 0.408 e. The molecule has 2 fully saturated rings. The van der Waals surface area contributed by atoms with E-state index in [0.29, 0.717) is 6.42 Å². The van der Waals surface area contributed by atoms with Gasteiger partial charge in [0.15, 0.2) is 12.4 Å². The fourth-order valence-corrected chi connectivity index (χ4v) is 2.96. The molecule has 0 aromatic carbocycles. The maximum absolute atomic E-state index is 11.9. The van der Waals surface area contributed by atoms with Crippen molar-refractivity contribution in [3.63, 3.8) is 0 Å². The molecule has 6 heteroatoms. The van der Waals surface area contributed by atoms with Gasteiger partial charge in [0.1, 0.15) is 24.4 Å². The second-order valence-corrected chi connectivity index (χ2v) is 6.11. The number of carbonyl (C=O) groups excluding carboxylic acids is 1. The molecular formula is C16H20NO5+. The third-order valence-electron chi connectivity index (χ3n) is 3.88. The van der Waals surface area contributed by atoms with Gasteiger partial charge in [-0.3, -0.25) is 0 Å². The minimum Gasteiger partial charge on any atom is -0.430 e. The first-order valence-corrected chi connectivity index (χ1v) is 7.36. The molecule has 118 valence electrons. The fourth-order valence-electron chi connectivity index (χ4n) is 2.96. The number of aliphatic hydroxyl groups is 1. The molecule has 1 saturated heterocycles. The number of ether oxygens (including phenoxy) is 3. The van der Waals surface area contributed by atoms with E-state index in [2.05, 4.69) is 11.4 Å². The van der Waals surface area contributed by atoms with Crippen molar-refractivity contribution in [2.24, 2.45) is 0 Å². The van der Waals surface area contributed by atoms with Crippen LogP contribution in [0.5, 0.6) is 0 Å². The largest absolute Gasteiger partial charge is 0.430 e. The highest BCUT2D eigenvalue weighted by Crippen LogP contribution is 2.38. The van der Waals surface area contributed by atoms with E-state index in [1.165, 1.54) is 0 Å². The molecule has 1 aliphatic heterocycles. The Hall–Kier alpha value is -1.72. The van der Waals surface area contributed by atoms with Crippen molar-refractivity contribution >= 4 is 6.09 Å². The van der Waals surface area contributed by atoms with E-state index in [-0.39, 0.29) is 18.8 Å². The quantitative estimate of drug-likeness (QED) is 0.767. The van der Waals surface area contributed by atoms with E-state index >= 15 is 0 Å². The monoisotopic (exact) mass is 306 g/mol. The molecule has 4 atom stereocenters. The molecule has 0 bridgehead atoms. The third-order valence-corrected chi connectivity index (χ3v) is 3.88. The summed E-state index contributed by atoms with van der Waals surface area (Å²) in [6.45, 7) is 3.76. The summed E-state index contributed by atoms with van der Waals surface area (Å²) in [5.41, 5.74) is 0.864. The highest BCUT2D eigenvalue weighted by Gasteiger charge is 2.54. The Morgan fingerprint density at radius 3 is 3.00 bits per heavy atom. The molecule has 3 rings (SSSR count). The Kier molecular flexibility index (Phi) is 4.02. The average molecular weight is 306 g/mol. The standard InChI is InChI=1S/C16H19NO5/c1-16(2)21-13-11(8-12(18)14(13)22-16)17-15(19)20-9-10-6-4-3-5-7-10/h3-4,6-7,11-14,18H,8-9H2,1-2H3/p+1/t11-,12+,13+,14-/m1/s1. The zero-order valence-corrected chi connectivity index (χ0v) is 12.6. The molecule has 0 radical (unpaired) electrons. The number of hydrogen-bond donors (Lipinski definition) is 2. The van der Waals surface area contributed by atoms with Gasteiger partial charge < -0.3 is 24.6 Å². The zero-order valence-electron chi connectivity index (χ0n) is 12.6. The summed E-state index contributed by atoms with van der Waals surface area (Å²) in [6.07, 6.45) is 8.59. The molecule has 1 heterocycles. The number of aliphatic hydroxyl groups excluding tert-OH is 1. The van der Waals surface area contributed by atoms with Gasteiger partial charge in [-0.1, -0.05) is 0 Å². The molecule has 6 nitrogen and oxygen atoms in total. The first kappa shape index (κ1) is 15.2. The van der Waals surface area contributed by atoms with E-state index in [1.807, 2.05) is 12.2 Å². The Morgan fingerprint density at radius 1 is 1.50 bits per heavy atom. The number of fused-ring (bicyclic) bond motifs is 1. The second-order valence-electron chi connectivity index (χ2n) is 6.11. The molecule has 0 spiro atoms. The summed E-state index contributed by atoms with van der Waals surface area (Å²) in [5.74, 6) is -0.750. The van der Waals surface area contributed by atoms with Crippen molar-refractivity contribution in [1.29, 1.82) is 0 Å². The number of allylic oxidation sites excluding steroid dienone is 4. The van der Waals surface area contributed by atoms with Gasteiger partial charge in [-0.2, -0.15) is 0 Å². The van der Waals surface area contributed by atoms with E-state index in [4.69, 9.17) is 14.2 Å². The van der Waals surface area contributed by atoms with Crippen LogP contribution in [-0.4, -0.2) is 47.9 Å². The number of carbonyl (C=O) groups is 1. The van der Waals surface area contributed by atoms with Gasteiger partial charge in [0.25, 0.3) is 0 Å². The Labute approximate surface area is 129 Å². The summed E-state index contributed by atoms with van der Waals surface area (Å²) >= 11 is 0. The minimum atomic E-state index is -0.750. The lowest BCUT2D eigenvalue weighted by molar-refractivity contribution is -0.163. The van der Waals surface area contributed by atoms with Crippen molar-refractivity contribution in [2.75, 3.05) is 6.61 Å². The average Bonchev–Trinajstić information content (AvgIpc) is 2.93. The SMILES string of the molecule is CC1(C)O[C@@H]2[C@H](O1)[C@@H](O)C[C@H]2NC(=O)OCC1=CC=C[C+]=C1. The first-order valence-electron chi connectivity index (χ1n) is 7.36. The second kappa shape index (κ2) is 5.82. The maximum Gasteiger partial charge on any atom is 0.408 e. The van der Waals surface area contributed by atoms with Crippen molar-refractivity contribution in [2.45, 2.75) is 50.4 Å². The van der Waals surface area contributed by atoms with E-state index in [9.17, 15) is 9.90 Å². The minimum absolute atomic E-state index is 0.176. The van der Waals surface area contributed by atoms with Crippen molar-refractivity contribution < 1.29 is 24.1 Å². The Balaban J connectivity index is 1.52. The summed E-state index contributed by atoms with van der Waals surface area (Å²) in [6, 6.07) is -0.323. The summed E-state index contributed by atoms with van der Waals surface area (Å²) < 4.78 is 16.6. The van der Waals surface area contributed by atoms with Crippen molar-refractivity contribution in [3.05, 3.63) is 36.0 Å². The zero-order chi connectivity index (χ0) is 15.7. The molecule has 2 N–H and O–H groups in total. The van der Waals surface area contributed by atoms with Gasteiger partial charge in [-0.15, -0.1) is 0 Å². The first-order chi connectivity index (χ1) is 10.4. The predicted octanol–water partition coefficient (Wildman–Crippen LogP) is 1.22. The van der Waals surface area contributed by atoms with Gasteiger partial charge in [-0.25, -0.2) is 4.79 Å². The van der Waals surface area contributed by atoms with Crippen LogP contribution < -0.4 is 5.32 Å². The summed E-state index contributed by atoms with van der Waals surface area (Å²) in [7, 11) is 0. The number of nitrogens with one attached hydrogen (secondary N) is 1. The highest BCUT2D eigenvalue weighted by molar-refractivity contribution is 5.68. The topological polar surface area (TPSA) is 77.0 Å². The molecular weight excluding hydrogens is 286 g/mol. The van der Waals surface area contributed by atoms with Crippen LogP contribution in [-0.2, 0) is 14.2 Å². The predicted molar refractivity (Wildman–Crippen MR) is 77.8 cm³/mol.